The highest BCUT2D eigenvalue weighted by Gasteiger charge is 2.17. The van der Waals surface area contributed by atoms with Crippen molar-refractivity contribution in [2.45, 2.75) is 19.6 Å². The SMILES string of the molecule is COCc1ccccc1NC(=O)C(C)NC(=O)c1ccc(Cl)cc1. The Morgan fingerprint density at radius 3 is 2.46 bits per heavy atom. The molecule has 2 amide bonds. The van der Waals surface area contributed by atoms with Crippen molar-refractivity contribution in [2.24, 2.45) is 0 Å². The minimum Gasteiger partial charge on any atom is -0.380 e. The number of carbonyl (C=O) groups is 2. The van der Waals surface area contributed by atoms with Crippen molar-refractivity contribution in [3.63, 3.8) is 0 Å². The fourth-order valence-electron chi connectivity index (χ4n) is 2.11. The molecule has 1 atom stereocenters. The number of hydrogen-bond donors (Lipinski definition) is 2. The van der Waals surface area contributed by atoms with Gasteiger partial charge in [0, 0.05) is 28.9 Å². The lowest BCUT2D eigenvalue weighted by Crippen LogP contribution is -2.41. The molecule has 0 radical (unpaired) electrons. The number of nitrogens with one attached hydrogen (secondary N) is 2. The van der Waals surface area contributed by atoms with Crippen LogP contribution in [0.5, 0.6) is 0 Å². The number of halogens is 1. The topological polar surface area (TPSA) is 67.4 Å². The van der Waals surface area contributed by atoms with Crippen LogP contribution in [0.4, 0.5) is 5.69 Å². The molecule has 5 nitrogen and oxygen atoms in total. The lowest BCUT2D eigenvalue weighted by Gasteiger charge is -2.16. The summed E-state index contributed by atoms with van der Waals surface area (Å²) in [5, 5.41) is 6.02. The van der Waals surface area contributed by atoms with Gasteiger partial charge in [0.2, 0.25) is 5.91 Å². The summed E-state index contributed by atoms with van der Waals surface area (Å²) in [5.41, 5.74) is 1.97. The third-order valence-electron chi connectivity index (χ3n) is 3.42. The summed E-state index contributed by atoms with van der Waals surface area (Å²) < 4.78 is 5.11. The van der Waals surface area contributed by atoms with Crippen LogP contribution in [0.25, 0.3) is 0 Å². The van der Waals surface area contributed by atoms with Crippen molar-refractivity contribution in [3.05, 3.63) is 64.7 Å². The molecular formula is C18H19ClN2O3. The number of carbonyl (C=O) groups excluding carboxylic acids is 2. The average Bonchev–Trinajstić information content (AvgIpc) is 2.57. The van der Waals surface area contributed by atoms with E-state index in [1.54, 1.807) is 44.4 Å². The predicted molar refractivity (Wildman–Crippen MR) is 94.2 cm³/mol. The van der Waals surface area contributed by atoms with Gasteiger partial charge in [-0.15, -0.1) is 0 Å². The molecule has 0 spiro atoms. The number of amides is 2. The first kappa shape index (κ1) is 18.0. The summed E-state index contributed by atoms with van der Waals surface area (Å²) in [6.07, 6.45) is 0. The Morgan fingerprint density at radius 1 is 1.12 bits per heavy atom. The zero-order valence-corrected chi connectivity index (χ0v) is 14.3. The fraction of sp³-hybridized carbons (Fsp3) is 0.222. The number of para-hydroxylation sites is 1. The number of methoxy groups -OCH3 is 1. The molecule has 0 saturated carbocycles. The summed E-state index contributed by atoms with van der Waals surface area (Å²) in [6, 6.07) is 13.1. The van der Waals surface area contributed by atoms with E-state index in [0.717, 1.165) is 5.56 Å². The molecule has 126 valence electrons. The minimum atomic E-state index is -0.691. The normalized spacial score (nSPS) is 11.6. The molecule has 2 aromatic rings. The maximum Gasteiger partial charge on any atom is 0.251 e. The summed E-state index contributed by atoms with van der Waals surface area (Å²) in [5.74, 6) is -0.639. The molecule has 0 aliphatic rings. The molecule has 1 unspecified atom stereocenters. The van der Waals surface area contributed by atoms with E-state index >= 15 is 0 Å². The molecule has 6 heteroatoms. The third kappa shape index (κ3) is 4.81. The molecule has 0 aliphatic heterocycles. The molecule has 2 rings (SSSR count). The lowest BCUT2D eigenvalue weighted by atomic mass is 10.1. The predicted octanol–water partition coefficient (Wildman–Crippen LogP) is 3.24. The second kappa shape index (κ2) is 8.47. The maximum absolute atomic E-state index is 12.3. The zero-order chi connectivity index (χ0) is 17.5. The van der Waals surface area contributed by atoms with E-state index in [0.29, 0.717) is 22.9 Å². The maximum atomic E-state index is 12.3. The minimum absolute atomic E-state index is 0.305. The van der Waals surface area contributed by atoms with Crippen molar-refractivity contribution in [1.82, 2.24) is 5.32 Å². The van der Waals surface area contributed by atoms with Gasteiger partial charge in [-0.3, -0.25) is 9.59 Å². The van der Waals surface area contributed by atoms with Crippen LogP contribution in [0.1, 0.15) is 22.8 Å². The van der Waals surface area contributed by atoms with E-state index in [1.807, 2.05) is 18.2 Å². The Bertz CT molecular complexity index is 716. The molecule has 0 bridgehead atoms. The molecule has 0 fully saturated rings. The monoisotopic (exact) mass is 346 g/mol. The summed E-state index contributed by atoms with van der Waals surface area (Å²) >= 11 is 5.80. The van der Waals surface area contributed by atoms with E-state index < -0.39 is 6.04 Å². The van der Waals surface area contributed by atoms with Gasteiger partial charge in [-0.2, -0.15) is 0 Å². The van der Waals surface area contributed by atoms with Crippen LogP contribution in [-0.4, -0.2) is 25.0 Å². The van der Waals surface area contributed by atoms with Gasteiger partial charge in [-0.25, -0.2) is 0 Å². The molecule has 0 aromatic heterocycles. The number of hydrogen-bond acceptors (Lipinski definition) is 3. The Kier molecular flexibility index (Phi) is 6.35. The fourth-order valence-corrected chi connectivity index (χ4v) is 2.24. The molecule has 0 heterocycles. The van der Waals surface area contributed by atoms with E-state index in [9.17, 15) is 9.59 Å². The Morgan fingerprint density at radius 2 is 1.79 bits per heavy atom. The summed E-state index contributed by atoms with van der Waals surface area (Å²) in [6.45, 7) is 2.02. The number of benzene rings is 2. The first-order valence-electron chi connectivity index (χ1n) is 7.45. The van der Waals surface area contributed by atoms with Gasteiger partial charge in [-0.1, -0.05) is 29.8 Å². The zero-order valence-electron chi connectivity index (χ0n) is 13.5. The third-order valence-corrected chi connectivity index (χ3v) is 3.67. The van der Waals surface area contributed by atoms with Crippen molar-refractivity contribution in [1.29, 1.82) is 0 Å². The van der Waals surface area contributed by atoms with Crippen molar-refractivity contribution in [3.8, 4) is 0 Å². The van der Waals surface area contributed by atoms with Crippen LogP contribution in [-0.2, 0) is 16.1 Å². The highest BCUT2D eigenvalue weighted by Crippen LogP contribution is 2.16. The van der Waals surface area contributed by atoms with Crippen LogP contribution in [0.3, 0.4) is 0 Å². The molecule has 0 saturated heterocycles. The Labute approximate surface area is 146 Å². The van der Waals surface area contributed by atoms with E-state index in [2.05, 4.69) is 10.6 Å². The van der Waals surface area contributed by atoms with Gasteiger partial charge in [0.25, 0.3) is 5.91 Å². The van der Waals surface area contributed by atoms with Crippen molar-refractivity contribution >= 4 is 29.1 Å². The van der Waals surface area contributed by atoms with Crippen LogP contribution in [0, 0.1) is 0 Å². The Balaban J connectivity index is 1.99. The highest BCUT2D eigenvalue weighted by molar-refractivity contribution is 6.30. The molecular weight excluding hydrogens is 328 g/mol. The van der Waals surface area contributed by atoms with Gasteiger partial charge in [0.15, 0.2) is 0 Å². The lowest BCUT2D eigenvalue weighted by molar-refractivity contribution is -0.117. The number of ether oxygens (including phenoxy) is 1. The van der Waals surface area contributed by atoms with E-state index in [4.69, 9.17) is 16.3 Å². The second-order valence-electron chi connectivity index (χ2n) is 5.28. The van der Waals surface area contributed by atoms with Gasteiger partial charge < -0.3 is 15.4 Å². The molecule has 2 N–H and O–H groups in total. The van der Waals surface area contributed by atoms with Crippen molar-refractivity contribution in [2.75, 3.05) is 12.4 Å². The van der Waals surface area contributed by atoms with Gasteiger partial charge in [-0.05, 0) is 37.3 Å². The van der Waals surface area contributed by atoms with E-state index in [-0.39, 0.29) is 11.8 Å². The van der Waals surface area contributed by atoms with Crippen LogP contribution < -0.4 is 10.6 Å². The number of anilines is 1. The van der Waals surface area contributed by atoms with Crippen molar-refractivity contribution < 1.29 is 14.3 Å². The van der Waals surface area contributed by atoms with Gasteiger partial charge >= 0.3 is 0 Å². The van der Waals surface area contributed by atoms with Crippen LogP contribution in [0.15, 0.2) is 48.5 Å². The van der Waals surface area contributed by atoms with Gasteiger partial charge in [0.1, 0.15) is 6.04 Å². The average molecular weight is 347 g/mol. The molecule has 2 aromatic carbocycles. The smallest absolute Gasteiger partial charge is 0.251 e. The molecule has 24 heavy (non-hydrogen) atoms. The summed E-state index contributed by atoms with van der Waals surface area (Å²) in [7, 11) is 1.59. The van der Waals surface area contributed by atoms with E-state index in [1.165, 1.54) is 0 Å². The Hall–Kier alpha value is -2.37. The largest absolute Gasteiger partial charge is 0.380 e. The van der Waals surface area contributed by atoms with Crippen LogP contribution >= 0.6 is 11.6 Å². The second-order valence-corrected chi connectivity index (χ2v) is 5.72. The first-order valence-corrected chi connectivity index (χ1v) is 7.83. The first-order chi connectivity index (χ1) is 11.5. The standard InChI is InChI=1S/C18H19ClN2O3/c1-12(20-18(23)13-7-9-15(19)10-8-13)17(22)21-16-6-4-3-5-14(16)11-24-2/h3-10,12H,11H2,1-2H3,(H,20,23)(H,21,22). The summed E-state index contributed by atoms with van der Waals surface area (Å²) in [4.78, 5) is 24.4. The number of rotatable bonds is 6. The quantitative estimate of drug-likeness (QED) is 0.843. The van der Waals surface area contributed by atoms with Crippen LogP contribution in [0.2, 0.25) is 5.02 Å². The highest BCUT2D eigenvalue weighted by atomic mass is 35.5. The molecule has 0 aliphatic carbocycles. The van der Waals surface area contributed by atoms with Gasteiger partial charge in [0.05, 0.1) is 6.61 Å².